The summed E-state index contributed by atoms with van der Waals surface area (Å²) >= 11 is 0. The minimum atomic E-state index is -0.210. The number of halogens is 1. The molecule has 4 heteroatoms. The van der Waals surface area contributed by atoms with Gasteiger partial charge in [-0.15, -0.1) is 0 Å². The summed E-state index contributed by atoms with van der Waals surface area (Å²) in [6.07, 6.45) is 3.18. The van der Waals surface area contributed by atoms with Crippen LogP contribution >= 0.6 is 0 Å². The minimum Gasteiger partial charge on any atom is -0.497 e. The van der Waals surface area contributed by atoms with Crippen LogP contribution in [0.2, 0.25) is 0 Å². The number of allylic oxidation sites excluding steroid dienone is 1. The Labute approximate surface area is 212 Å². The van der Waals surface area contributed by atoms with Gasteiger partial charge in [-0.05, 0) is 94.8 Å². The Bertz CT molecular complexity index is 1440. The summed E-state index contributed by atoms with van der Waals surface area (Å²) in [5.41, 5.74) is 11.6. The van der Waals surface area contributed by atoms with Crippen molar-refractivity contribution in [2.75, 3.05) is 26.9 Å². The number of alkyl halides is 1. The molecule has 0 atom stereocenters. The molecule has 184 valence electrons. The fourth-order valence-electron chi connectivity index (χ4n) is 5.97. The summed E-state index contributed by atoms with van der Waals surface area (Å²) in [7, 11) is 1.74. The molecule has 3 nitrogen and oxygen atoms in total. The van der Waals surface area contributed by atoms with E-state index in [9.17, 15) is 4.39 Å². The first-order chi connectivity index (χ1) is 17.6. The number of nitrogens with one attached hydrogen (secondary N) is 1. The molecule has 2 heterocycles. The Morgan fingerprint density at radius 2 is 1.83 bits per heavy atom. The lowest BCUT2D eigenvalue weighted by Gasteiger charge is -2.37. The molecule has 1 aromatic heterocycles. The molecule has 36 heavy (non-hydrogen) atoms. The van der Waals surface area contributed by atoms with Gasteiger partial charge in [0.15, 0.2) is 0 Å². The molecule has 0 amide bonds. The van der Waals surface area contributed by atoms with Crippen LogP contribution in [0.4, 0.5) is 4.39 Å². The number of ether oxygens (including phenoxy) is 1. The Kier molecular flexibility index (Phi) is 6.14. The molecule has 0 saturated carbocycles. The first-order valence-corrected chi connectivity index (χ1v) is 13.0. The number of hydrogen-bond acceptors (Lipinski definition) is 2. The van der Waals surface area contributed by atoms with Gasteiger partial charge >= 0.3 is 0 Å². The zero-order valence-electron chi connectivity index (χ0n) is 21.1. The van der Waals surface area contributed by atoms with E-state index in [2.05, 4.69) is 83.5 Å². The standard InChI is InChI=1S/C32H33FN2O/c1-21-6-3-4-8-28(21)30-9-5-7-23-15-27(36-2)12-13-29(23)32(30)25-11-10-24-14-26(34-31(24)16-25)20-35-18-22(17-33)19-35/h3-4,6,8,10-16,22,34H,5,7,9,17-20H2,1-2H3. The molecular formula is C32H33FN2O. The van der Waals surface area contributed by atoms with E-state index in [0.29, 0.717) is 0 Å². The third kappa shape index (κ3) is 4.24. The second-order valence-corrected chi connectivity index (χ2v) is 10.4. The van der Waals surface area contributed by atoms with Gasteiger partial charge in [0.25, 0.3) is 0 Å². The SMILES string of the molecule is COc1ccc2c(c1)CCCC(c1ccccc1C)=C2c1ccc2cc(CN3CC(CF)C3)[nH]c2c1. The van der Waals surface area contributed by atoms with Gasteiger partial charge in [-0.2, -0.15) is 0 Å². The fourth-order valence-corrected chi connectivity index (χ4v) is 5.97. The molecule has 6 rings (SSSR count). The van der Waals surface area contributed by atoms with Gasteiger partial charge in [0.1, 0.15) is 5.75 Å². The van der Waals surface area contributed by atoms with E-state index in [-0.39, 0.29) is 12.6 Å². The lowest BCUT2D eigenvalue weighted by Crippen LogP contribution is -2.46. The first kappa shape index (κ1) is 23.1. The van der Waals surface area contributed by atoms with Crippen LogP contribution in [0.3, 0.4) is 0 Å². The normalized spacial score (nSPS) is 16.6. The average Bonchev–Trinajstić information content (AvgIpc) is 3.18. The number of benzene rings is 3. The summed E-state index contributed by atoms with van der Waals surface area (Å²) in [6.45, 7) is 4.55. The van der Waals surface area contributed by atoms with Gasteiger partial charge in [-0.3, -0.25) is 9.29 Å². The molecule has 1 fully saturated rings. The lowest BCUT2D eigenvalue weighted by atomic mass is 9.86. The largest absolute Gasteiger partial charge is 0.497 e. The summed E-state index contributed by atoms with van der Waals surface area (Å²) in [4.78, 5) is 5.96. The zero-order valence-corrected chi connectivity index (χ0v) is 21.1. The third-order valence-corrected chi connectivity index (χ3v) is 7.84. The van der Waals surface area contributed by atoms with Gasteiger partial charge in [-0.1, -0.05) is 42.5 Å². The summed E-state index contributed by atoms with van der Waals surface area (Å²) in [5.74, 6) is 1.12. The predicted octanol–water partition coefficient (Wildman–Crippen LogP) is 7.18. The highest BCUT2D eigenvalue weighted by molar-refractivity contribution is 6.02. The maximum Gasteiger partial charge on any atom is 0.119 e. The van der Waals surface area contributed by atoms with Crippen LogP contribution in [0.5, 0.6) is 5.75 Å². The molecule has 1 aliphatic heterocycles. The van der Waals surface area contributed by atoms with Crippen LogP contribution in [0.15, 0.2) is 66.7 Å². The number of aromatic nitrogens is 1. The molecule has 0 bridgehead atoms. The zero-order chi connectivity index (χ0) is 24.6. The number of nitrogens with zero attached hydrogens (tertiary/aromatic N) is 1. The van der Waals surface area contributed by atoms with Crippen molar-refractivity contribution in [3.8, 4) is 5.75 Å². The van der Waals surface area contributed by atoms with Gasteiger partial charge < -0.3 is 9.72 Å². The quantitative estimate of drug-likeness (QED) is 0.317. The van der Waals surface area contributed by atoms with Crippen molar-refractivity contribution in [3.63, 3.8) is 0 Å². The molecule has 0 radical (unpaired) electrons. The number of fused-ring (bicyclic) bond motifs is 2. The van der Waals surface area contributed by atoms with Gasteiger partial charge in [0, 0.05) is 36.8 Å². The number of rotatable bonds is 6. The van der Waals surface area contributed by atoms with Crippen LogP contribution in [0.25, 0.3) is 22.0 Å². The predicted molar refractivity (Wildman–Crippen MR) is 146 cm³/mol. The van der Waals surface area contributed by atoms with Gasteiger partial charge in [0.2, 0.25) is 0 Å². The Morgan fingerprint density at radius 3 is 2.64 bits per heavy atom. The van der Waals surface area contributed by atoms with Crippen molar-refractivity contribution in [1.29, 1.82) is 0 Å². The van der Waals surface area contributed by atoms with E-state index in [4.69, 9.17) is 4.74 Å². The third-order valence-electron chi connectivity index (χ3n) is 7.84. The summed E-state index contributed by atoms with van der Waals surface area (Å²) in [5, 5.41) is 1.22. The van der Waals surface area contributed by atoms with E-state index < -0.39 is 0 Å². The van der Waals surface area contributed by atoms with Crippen LogP contribution in [-0.2, 0) is 13.0 Å². The maximum absolute atomic E-state index is 12.8. The monoisotopic (exact) mass is 480 g/mol. The van der Waals surface area contributed by atoms with Crippen LogP contribution in [0, 0.1) is 12.8 Å². The highest BCUT2D eigenvalue weighted by Crippen LogP contribution is 2.42. The second-order valence-electron chi connectivity index (χ2n) is 10.4. The van der Waals surface area contributed by atoms with Crippen LogP contribution in [0.1, 0.15) is 46.4 Å². The van der Waals surface area contributed by atoms with Gasteiger partial charge in [-0.25, -0.2) is 0 Å². The van der Waals surface area contributed by atoms with E-state index in [0.717, 1.165) is 50.2 Å². The number of likely N-dealkylation sites (tertiary alicyclic amines) is 1. The Balaban J connectivity index is 1.46. The molecule has 0 unspecified atom stereocenters. The second kappa shape index (κ2) is 9.59. The molecule has 2 aliphatic rings. The maximum atomic E-state index is 12.8. The summed E-state index contributed by atoms with van der Waals surface area (Å²) in [6, 6.07) is 24.3. The highest BCUT2D eigenvalue weighted by atomic mass is 19.1. The van der Waals surface area contributed by atoms with Crippen LogP contribution < -0.4 is 4.74 Å². The summed E-state index contributed by atoms with van der Waals surface area (Å²) < 4.78 is 18.4. The topological polar surface area (TPSA) is 28.3 Å². The van der Waals surface area contributed by atoms with Crippen LogP contribution in [-0.4, -0.2) is 36.8 Å². The molecule has 0 spiro atoms. The van der Waals surface area contributed by atoms with Crippen molar-refractivity contribution < 1.29 is 9.13 Å². The van der Waals surface area contributed by atoms with Crippen molar-refractivity contribution in [1.82, 2.24) is 9.88 Å². The number of H-pyrrole nitrogens is 1. The van der Waals surface area contributed by atoms with E-state index in [1.165, 1.54) is 50.0 Å². The number of hydrogen-bond donors (Lipinski definition) is 1. The van der Waals surface area contributed by atoms with E-state index in [1.54, 1.807) is 7.11 Å². The Morgan fingerprint density at radius 1 is 0.972 bits per heavy atom. The average molecular weight is 481 g/mol. The molecule has 3 aromatic carbocycles. The molecule has 1 aliphatic carbocycles. The van der Waals surface area contributed by atoms with Crippen molar-refractivity contribution in [3.05, 3.63) is 100 Å². The molecule has 1 N–H and O–H groups in total. The fraction of sp³-hybridized carbons (Fsp3) is 0.312. The van der Waals surface area contributed by atoms with Crippen molar-refractivity contribution in [2.24, 2.45) is 5.92 Å². The molecule has 1 saturated heterocycles. The van der Waals surface area contributed by atoms with E-state index in [1.807, 2.05) is 0 Å². The molecule has 4 aromatic rings. The van der Waals surface area contributed by atoms with E-state index >= 15 is 0 Å². The van der Waals surface area contributed by atoms with Gasteiger partial charge in [0.05, 0.1) is 13.8 Å². The smallest absolute Gasteiger partial charge is 0.119 e. The number of methoxy groups -OCH3 is 1. The first-order valence-electron chi connectivity index (χ1n) is 13.0. The lowest BCUT2D eigenvalue weighted by molar-refractivity contribution is 0.0728. The molecular weight excluding hydrogens is 447 g/mol. The van der Waals surface area contributed by atoms with Crippen molar-refractivity contribution in [2.45, 2.75) is 32.7 Å². The Hall–Kier alpha value is -3.37. The highest BCUT2D eigenvalue weighted by Gasteiger charge is 2.27. The number of aryl methyl sites for hydroxylation is 2. The number of aromatic amines is 1. The minimum absolute atomic E-state index is 0.210. The van der Waals surface area contributed by atoms with Crippen molar-refractivity contribution >= 4 is 22.0 Å².